The van der Waals surface area contributed by atoms with Crippen molar-refractivity contribution in [1.82, 2.24) is 4.98 Å². The number of benzene rings is 2. The largest absolute Gasteiger partial charge is 0.298 e. The number of aromatic nitrogens is 1. The Balaban J connectivity index is 1.83. The number of hydrogen-bond acceptors (Lipinski definition) is 5. The number of nitro benzene ring substituents is 1. The number of nitro groups is 1. The number of rotatable bonds is 4. The van der Waals surface area contributed by atoms with E-state index in [1.807, 2.05) is 25.1 Å². The minimum atomic E-state index is -0.474. The minimum absolute atomic E-state index is 0.0186. The summed E-state index contributed by atoms with van der Waals surface area (Å²) in [7, 11) is 0. The van der Waals surface area contributed by atoms with Gasteiger partial charge in [-0.25, -0.2) is 4.98 Å². The highest BCUT2D eigenvalue weighted by Gasteiger charge is 2.16. The molecule has 0 aliphatic heterocycles. The Hall–Kier alpha value is -2.77. The molecule has 2 aromatic carbocycles. The van der Waals surface area contributed by atoms with E-state index in [4.69, 9.17) is 11.6 Å². The molecule has 0 unspecified atom stereocenters. The van der Waals surface area contributed by atoms with Gasteiger partial charge in [-0.05, 0) is 38.1 Å². The van der Waals surface area contributed by atoms with Gasteiger partial charge in [-0.15, -0.1) is 11.3 Å². The average Bonchev–Trinajstić information content (AvgIpc) is 2.94. The van der Waals surface area contributed by atoms with Gasteiger partial charge < -0.3 is 0 Å². The van der Waals surface area contributed by atoms with Crippen LogP contribution >= 0.6 is 22.9 Å². The molecule has 0 saturated heterocycles. The maximum Gasteiger partial charge on any atom is 0.272 e. The Morgan fingerprint density at radius 3 is 2.65 bits per heavy atom. The molecule has 0 bridgehead atoms. The number of nitrogens with one attached hydrogen (secondary N) is 1. The molecule has 1 aromatic heterocycles. The van der Waals surface area contributed by atoms with Crippen LogP contribution in [0.1, 0.15) is 20.8 Å². The summed E-state index contributed by atoms with van der Waals surface area (Å²) in [5, 5.41) is 14.7. The van der Waals surface area contributed by atoms with Gasteiger partial charge in [0.25, 0.3) is 11.6 Å². The molecule has 6 nitrogen and oxygen atoms in total. The van der Waals surface area contributed by atoms with E-state index in [0.717, 1.165) is 16.1 Å². The number of thiazole rings is 1. The first-order valence-corrected chi connectivity index (χ1v) is 8.84. The van der Waals surface area contributed by atoms with E-state index in [0.29, 0.717) is 21.3 Å². The fourth-order valence-electron chi connectivity index (χ4n) is 2.52. The zero-order chi connectivity index (χ0) is 18.8. The second kappa shape index (κ2) is 7.23. The molecule has 1 N–H and O–H groups in total. The monoisotopic (exact) mass is 387 g/mol. The SMILES string of the molecule is Cc1cc(C(=O)Nc2nc(-c3cccc(Cl)c3)c(C)s2)ccc1[N+](=O)[O-]. The second-order valence-electron chi connectivity index (χ2n) is 5.65. The minimum Gasteiger partial charge on any atom is -0.298 e. The summed E-state index contributed by atoms with van der Waals surface area (Å²) in [5.74, 6) is -0.366. The van der Waals surface area contributed by atoms with Crippen molar-refractivity contribution in [2.24, 2.45) is 0 Å². The van der Waals surface area contributed by atoms with E-state index >= 15 is 0 Å². The molecule has 26 heavy (non-hydrogen) atoms. The van der Waals surface area contributed by atoms with Crippen LogP contribution in [0.3, 0.4) is 0 Å². The summed E-state index contributed by atoms with van der Waals surface area (Å²) in [6, 6.07) is 11.6. The van der Waals surface area contributed by atoms with Gasteiger partial charge in [-0.2, -0.15) is 0 Å². The summed E-state index contributed by atoms with van der Waals surface area (Å²) in [6.45, 7) is 3.51. The Morgan fingerprint density at radius 2 is 2.00 bits per heavy atom. The molecular weight excluding hydrogens is 374 g/mol. The van der Waals surface area contributed by atoms with Gasteiger partial charge in [-0.1, -0.05) is 23.7 Å². The van der Waals surface area contributed by atoms with Crippen molar-refractivity contribution in [2.75, 3.05) is 5.32 Å². The number of halogens is 1. The number of carbonyl (C=O) groups is 1. The molecule has 0 aliphatic carbocycles. The molecule has 8 heteroatoms. The highest BCUT2D eigenvalue weighted by Crippen LogP contribution is 2.32. The van der Waals surface area contributed by atoms with E-state index in [-0.39, 0.29) is 11.6 Å². The van der Waals surface area contributed by atoms with Gasteiger partial charge >= 0.3 is 0 Å². The fourth-order valence-corrected chi connectivity index (χ4v) is 3.55. The molecule has 1 heterocycles. The van der Waals surface area contributed by atoms with Crippen LogP contribution in [0.15, 0.2) is 42.5 Å². The van der Waals surface area contributed by atoms with Crippen LogP contribution in [-0.4, -0.2) is 15.8 Å². The molecule has 0 radical (unpaired) electrons. The lowest BCUT2D eigenvalue weighted by Gasteiger charge is -2.03. The lowest BCUT2D eigenvalue weighted by Crippen LogP contribution is -2.12. The molecule has 0 aliphatic rings. The van der Waals surface area contributed by atoms with Crippen molar-refractivity contribution < 1.29 is 9.72 Å². The molecule has 1 amide bonds. The predicted molar refractivity (Wildman–Crippen MR) is 103 cm³/mol. The van der Waals surface area contributed by atoms with Crippen LogP contribution in [0.2, 0.25) is 5.02 Å². The third kappa shape index (κ3) is 3.74. The summed E-state index contributed by atoms with van der Waals surface area (Å²) in [6.07, 6.45) is 0. The molecule has 3 rings (SSSR count). The van der Waals surface area contributed by atoms with E-state index < -0.39 is 4.92 Å². The third-order valence-corrected chi connectivity index (χ3v) is 4.89. The maximum absolute atomic E-state index is 12.4. The number of aryl methyl sites for hydroxylation is 2. The van der Waals surface area contributed by atoms with Crippen molar-refractivity contribution in [3.8, 4) is 11.3 Å². The average molecular weight is 388 g/mol. The zero-order valence-electron chi connectivity index (χ0n) is 13.9. The molecule has 0 saturated carbocycles. The van der Waals surface area contributed by atoms with E-state index in [9.17, 15) is 14.9 Å². The van der Waals surface area contributed by atoms with Crippen LogP contribution < -0.4 is 5.32 Å². The van der Waals surface area contributed by atoms with E-state index in [1.165, 1.54) is 29.5 Å². The Labute approximate surface area is 158 Å². The van der Waals surface area contributed by atoms with Crippen molar-refractivity contribution in [3.63, 3.8) is 0 Å². The summed E-state index contributed by atoms with van der Waals surface area (Å²) >= 11 is 7.38. The highest BCUT2D eigenvalue weighted by atomic mass is 35.5. The summed E-state index contributed by atoms with van der Waals surface area (Å²) in [5.41, 5.74) is 2.38. The van der Waals surface area contributed by atoms with Crippen LogP contribution in [0, 0.1) is 24.0 Å². The van der Waals surface area contributed by atoms with Crippen LogP contribution in [0.4, 0.5) is 10.8 Å². The fraction of sp³-hybridized carbons (Fsp3) is 0.111. The predicted octanol–water partition coefficient (Wildman–Crippen LogP) is 5.24. The van der Waals surface area contributed by atoms with Crippen LogP contribution in [0.25, 0.3) is 11.3 Å². The molecule has 0 fully saturated rings. The maximum atomic E-state index is 12.4. The molecule has 3 aromatic rings. The molecule has 0 spiro atoms. The first-order valence-electron chi connectivity index (χ1n) is 7.65. The summed E-state index contributed by atoms with van der Waals surface area (Å²) in [4.78, 5) is 28.3. The topological polar surface area (TPSA) is 85.1 Å². The van der Waals surface area contributed by atoms with Gasteiger partial charge in [0.15, 0.2) is 5.13 Å². The van der Waals surface area contributed by atoms with E-state index in [2.05, 4.69) is 10.3 Å². The van der Waals surface area contributed by atoms with Crippen molar-refractivity contribution >= 4 is 39.7 Å². The Morgan fingerprint density at radius 1 is 1.23 bits per heavy atom. The number of carbonyl (C=O) groups excluding carboxylic acids is 1. The number of amides is 1. The van der Waals surface area contributed by atoms with Gasteiger partial charge in [0.2, 0.25) is 0 Å². The number of nitrogens with zero attached hydrogens (tertiary/aromatic N) is 2. The normalized spacial score (nSPS) is 10.6. The zero-order valence-corrected chi connectivity index (χ0v) is 15.5. The highest BCUT2D eigenvalue weighted by molar-refractivity contribution is 7.16. The Bertz CT molecular complexity index is 1020. The standard InChI is InChI=1S/C18H14ClN3O3S/c1-10-8-13(6-7-15(10)22(24)25)17(23)21-18-20-16(11(2)26-18)12-4-3-5-14(19)9-12/h3-9H,1-2H3,(H,20,21,23). The first kappa shape index (κ1) is 18.0. The lowest BCUT2D eigenvalue weighted by atomic mass is 10.1. The molecule has 0 atom stereocenters. The molecular formula is C18H14ClN3O3S. The van der Waals surface area contributed by atoms with Crippen LogP contribution in [-0.2, 0) is 0 Å². The second-order valence-corrected chi connectivity index (χ2v) is 7.29. The molecule has 132 valence electrons. The Kier molecular flexibility index (Phi) is 5.01. The third-order valence-electron chi connectivity index (χ3n) is 3.77. The van der Waals surface area contributed by atoms with E-state index in [1.54, 1.807) is 13.0 Å². The van der Waals surface area contributed by atoms with Crippen molar-refractivity contribution in [3.05, 3.63) is 73.6 Å². The van der Waals surface area contributed by atoms with Gasteiger partial charge in [0, 0.05) is 32.7 Å². The quantitative estimate of drug-likeness (QED) is 0.490. The smallest absolute Gasteiger partial charge is 0.272 e. The van der Waals surface area contributed by atoms with Crippen molar-refractivity contribution in [1.29, 1.82) is 0 Å². The van der Waals surface area contributed by atoms with Gasteiger partial charge in [0.1, 0.15) is 0 Å². The lowest BCUT2D eigenvalue weighted by molar-refractivity contribution is -0.385. The van der Waals surface area contributed by atoms with Gasteiger partial charge in [0.05, 0.1) is 10.6 Å². The first-order chi connectivity index (χ1) is 12.3. The number of anilines is 1. The van der Waals surface area contributed by atoms with Crippen LogP contribution in [0.5, 0.6) is 0 Å². The number of hydrogen-bond donors (Lipinski definition) is 1. The summed E-state index contributed by atoms with van der Waals surface area (Å²) < 4.78 is 0. The van der Waals surface area contributed by atoms with Crippen molar-refractivity contribution in [2.45, 2.75) is 13.8 Å². The van der Waals surface area contributed by atoms with Gasteiger partial charge in [-0.3, -0.25) is 20.2 Å².